The van der Waals surface area contributed by atoms with Gasteiger partial charge in [0.25, 0.3) is 0 Å². The first-order chi connectivity index (χ1) is 11.6. The summed E-state index contributed by atoms with van der Waals surface area (Å²) in [7, 11) is 0. The molecule has 0 spiro atoms. The van der Waals surface area contributed by atoms with Crippen LogP contribution in [0.4, 0.5) is 5.13 Å². The van der Waals surface area contributed by atoms with Crippen molar-refractivity contribution in [1.29, 1.82) is 0 Å². The van der Waals surface area contributed by atoms with Crippen LogP contribution in [0.15, 0.2) is 34.7 Å². The number of halogens is 1. The molecule has 0 radical (unpaired) electrons. The molecule has 0 atom stereocenters. The third kappa shape index (κ3) is 6.31. The maximum Gasteiger partial charge on any atom is 0.316 e. The number of benzene rings is 1. The number of carbonyl (C=O) groups excluding carboxylic acids is 2. The maximum absolute atomic E-state index is 11.8. The van der Waals surface area contributed by atoms with E-state index in [1.54, 1.807) is 37.3 Å². The highest BCUT2D eigenvalue weighted by molar-refractivity contribution is 8.01. The fourth-order valence-corrected chi connectivity index (χ4v) is 3.21. The Kier molecular flexibility index (Phi) is 7.23. The van der Waals surface area contributed by atoms with Gasteiger partial charge in [-0.1, -0.05) is 46.8 Å². The van der Waals surface area contributed by atoms with Crippen molar-refractivity contribution in [2.45, 2.75) is 11.3 Å². The lowest BCUT2D eigenvalue weighted by atomic mass is 10.2. The van der Waals surface area contributed by atoms with Gasteiger partial charge in [0.15, 0.2) is 4.34 Å². The Hall–Kier alpha value is -1.90. The number of rotatable bonds is 7. The SMILES string of the molecule is CCOC(=O)CSc1nnc(NC(=O)C=Cc2ccc(Cl)cc2)s1. The molecule has 2 aromatic rings. The molecule has 0 fully saturated rings. The van der Waals surface area contributed by atoms with Gasteiger partial charge in [-0.25, -0.2) is 0 Å². The predicted molar refractivity (Wildman–Crippen MR) is 96.4 cm³/mol. The maximum atomic E-state index is 11.8. The van der Waals surface area contributed by atoms with E-state index in [4.69, 9.17) is 16.3 Å². The first-order valence-corrected chi connectivity index (χ1v) is 9.11. The van der Waals surface area contributed by atoms with Crippen LogP contribution in [-0.4, -0.2) is 34.4 Å². The second kappa shape index (κ2) is 9.41. The van der Waals surface area contributed by atoms with E-state index in [0.717, 1.165) is 5.56 Å². The number of amides is 1. The van der Waals surface area contributed by atoms with Crippen molar-refractivity contribution >= 4 is 57.8 Å². The first kappa shape index (κ1) is 18.4. The minimum atomic E-state index is -0.317. The molecule has 6 nitrogen and oxygen atoms in total. The highest BCUT2D eigenvalue weighted by Crippen LogP contribution is 2.25. The van der Waals surface area contributed by atoms with E-state index in [1.165, 1.54) is 29.2 Å². The van der Waals surface area contributed by atoms with Crippen molar-refractivity contribution in [2.75, 3.05) is 17.7 Å². The smallest absolute Gasteiger partial charge is 0.316 e. The van der Waals surface area contributed by atoms with E-state index in [0.29, 0.717) is 21.1 Å². The summed E-state index contributed by atoms with van der Waals surface area (Å²) in [4.78, 5) is 23.1. The minimum absolute atomic E-state index is 0.160. The summed E-state index contributed by atoms with van der Waals surface area (Å²) in [6, 6.07) is 7.11. The quantitative estimate of drug-likeness (QED) is 0.341. The van der Waals surface area contributed by atoms with Gasteiger partial charge in [-0.3, -0.25) is 14.9 Å². The molecule has 1 aromatic heterocycles. The van der Waals surface area contributed by atoms with Crippen molar-refractivity contribution in [3.8, 4) is 0 Å². The normalized spacial score (nSPS) is 10.8. The molecule has 0 aliphatic carbocycles. The van der Waals surface area contributed by atoms with Crippen LogP contribution in [0.25, 0.3) is 6.08 Å². The Bertz CT molecular complexity index is 732. The molecule has 0 aliphatic heterocycles. The van der Waals surface area contributed by atoms with Gasteiger partial charge in [-0.15, -0.1) is 10.2 Å². The van der Waals surface area contributed by atoms with Crippen LogP contribution < -0.4 is 5.32 Å². The molecule has 0 saturated heterocycles. The molecule has 2 rings (SSSR count). The van der Waals surface area contributed by atoms with Gasteiger partial charge in [0.05, 0.1) is 12.4 Å². The van der Waals surface area contributed by atoms with Crippen molar-refractivity contribution in [3.63, 3.8) is 0 Å². The highest BCUT2D eigenvalue weighted by Gasteiger charge is 2.09. The highest BCUT2D eigenvalue weighted by atomic mass is 35.5. The fourth-order valence-electron chi connectivity index (χ4n) is 1.53. The molecular formula is C15H14ClN3O3S2. The summed E-state index contributed by atoms with van der Waals surface area (Å²) in [5, 5.41) is 11.4. The van der Waals surface area contributed by atoms with Gasteiger partial charge < -0.3 is 4.74 Å². The Morgan fingerprint density at radius 1 is 1.33 bits per heavy atom. The van der Waals surface area contributed by atoms with Gasteiger partial charge in [0.2, 0.25) is 11.0 Å². The average Bonchev–Trinajstić information content (AvgIpc) is 3.00. The van der Waals surface area contributed by atoms with Gasteiger partial charge in [-0.05, 0) is 30.7 Å². The summed E-state index contributed by atoms with van der Waals surface area (Å²) in [6.07, 6.45) is 3.07. The van der Waals surface area contributed by atoms with E-state index in [2.05, 4.69) is 15.5 Å². The average molecular weight is 384 g/mol. The van der Waals surface area contributed by atoms with Gasteiger partial charge in [0, 0.05) is 11.1 Å². The molecule has 0 unspecified atom stereocenters. The number of carbonyl (C=O) groups is 2. The Balaban J connectivity index is 1.83. The molecule has 0 aliphatic rings. The van der Waals surface area contributed by atoms with Crippen LogP contribution in [-0.2, 0) is 14.3 Å². The third-order valence-electron chi connectivity index (χ3n) is 2.55. The number of hydrogen-bond acceptors (Lipinski definition) is 7. The molecule has 0 saturated carbocycles. The molecule has 1 aromatic carbocycles. The lowest BCUT2D eigenvalue weighted by Gasteiger charge is -1.98. The summed E-state index contributed by atoms with van der Waals surface area (Å²) in [6.45, 7) is 2.09. The third-order valence-corrected chi connectivity index (χ3v) is 4.75. The van der Waals surface area contributed by atoms with E-state index >= 15 is 0 Å². The summed E-state index contributed by atoms with van der Waals surface area (Å²) < 4.78 is 5.41. The predicted octanol–water partition coefficient (Wildman–Crippen LogP) is 3.50. The number of ether oxygens (including phenoxy) is 1. The second-order valence-electron chi connectivity index (χ2n) is 4.34. The Morgan fingerprint density at radius 2 is 2.08 bits per heavy atom. The molecule has 1 heterocycles. The molecule has 9 heteroatoms. The van der Waals surface area contributed by atoms with E-state index in [9.17, 15) is 9.59 Å². The minimum Gasteiger partial charge on any atom is -0.465 e. The molecule has 1 N–H and O–H groups in total. The zero-order chi connectivity index (χ0) is 17.4. The van der Waals surface area contributed by atoms with Crippen LogP contribution in [0.2, 0.25) is 5.02 Å². The number of esters is 1. The number of anilines is 1. The van der Waals surface area contributed by atoms with Crippen LogP contribution in [0.1, 0.15) is 12.5 Å². The van der Waals surface area contributed by atoms with Crippen LogP contribution in [0.3, 0.4) is 0 Å². The van der Waals surface area contributed by atoms with Crippen molar-refractivity contribution < 1.29 is 14.3 Å². The monoisotopic (exact) mass is 383 g/mol. The van der Waals surface area contributed by atoms with Crippen molar-refractivity contribution in [1.82, 2.24) is 10.2 Å². The number of nitrogens with one attached hydrogen (secondary N) is 1. The summed E-state index contributed by atoms with van der Waals surface area (Å²) in [5.74, 6) is -0.468. The molecule has 24 heavy (non-hydrogen) atoms. The van der Waals surface area contributed by atoms with Crippen molar-refractivity contribution in [3.05, 3.63) is 40.9 Å². The number of thioether (sulfide) groups is 1. The van der Waals surface area contributed by atoms with Crippen LogP contribution in [0.5, 0.6) is 0 Å². The Labute approximate surface area is 152 Å². The fraction of sp³-hybridized carbons (Fsp3) is 0.200. The van der Waals surface area contributed by atoms with Gasteiger partial charge in [0.1, 0.15) is 0 Å². The van der Waals surface area contributed by atoms with E-state index in [-0.39, 0.29) is 17.6 Å². The molecule has 0 bridgehead atoms. The summed E-state index contributed by atoms with van der Waals surface area (Å²) in [5.41, 5.74) is 0.859. The first-order valence-electron chi connectivity index (χ1n) is 6.93. The van der Waals surface area contributed by atoms with E-state index < -0.39 is 0 Å². The number of hydrogen-bond donors (Lipinski definition) is 1. The van der Waals surface area contributed by atoms with Gasteiger partial charge >= 0.3 is 5.97 Å². The lowest BCUT2D eigenvalue weighted by Crippen LogP contribution is -2.07. The van der Waals surface area contributed by atoms with Crippen LogP contribution >= 0.6 is 34.7 Å². The number of nitrogens with zero attached hydrogens (tertiary/aromatic N) is 2. The zero-order valence-electron chi connectivity index (χ0n) is 12.7. The topological polar surface area (TPSA) is 81.2 Å². The lowest BCUT2D eigenvalue weighted by molar-refractivity contribution is -0.139. The molecular weight excluding hydrogens is 370 g/mol. The molecule has 1 amide bonds. The van der Waals surface area contributed by atoms with Crippen molar-refractivity contribution in [2.24, 2.45) is 0 Å². The largest absolute Gasteiger partial charge is 0.465 e. The van der Waals surface area contributed by atoms with E-state index in [1.807, 2.05) is 0 Å². The molecule has 126 valence electrons. The zero-order valence-corrected chi connectivity index (χ0v) is 15.1. The number of aromatic nitrogens is 2. The van der Waals surface area contributed by atoms with Gasteiger partial charge in [-0.2, -0.15) is 0 Å². The Morgan fingerprint density at radius 3 is 2.79 bits per heavy atom. The van der Waals surface area contributed by atoms with Crippen LogP contribution in [0, 0.1) is 0 Å². The summed E-state index contributed by atoms with van der Waals surface area (Å²) >= 11 is 8.21. The standard InChI is InChI=1S/C15H14ClN3O3S2/c1-2-22-13(21)9-23-15-19-18-14(24-15)17-12(20)8-5-10-3-6-11(16)7-4-10/h3-8H,2,9H2,1H3,(H,17,18,20). The second-order valence-corrected chi connectivity index (χ2v) is 6.98.